The van der Waals surface area contributed by atoms with Gasteiger partial charge in [-0.1, -0.05) is 6.58 Å². The zero-order valence-corrected chi connectivity index (χ0v) is 25.7. The van der Waals surface area contributed by atoms with E-state index in [-0.39, 0.29) is 6.61 Å². The molecule has 42 heavy (non-hydrogen) atoms. The maximum absolute atomic E-state index is 11.5. The minimum atomic E-state index is -0.513. The quantitative estimate of drug-likeness (QED) is 0.0685. The molecule has 0 aliphatic heterocycles. The van der Waals surface area contributed by atoms with Crippen molar-refractivity contribution in [1.29, 1.82) is 0 Å². The molecule has 14 heteroatoms. The summed E-state index contributed by atoms with van der Waals surface area (Å²) < 4.78 is 58.5. The van der Waals surface area contributed by atoms with Gasteiger partial charge in [-0.05, 0) is 20.8 Å². The van der Waals surface area contributed by atoms with Crippen LogP contribution in [-0.4, -0.2) is 150 Å². The summed E-state index contributed by atoms with van der Waals surface area (Å²) in [4.78, 5) is 22.3. The SMILES string of the molecule is C=CC(=O)OCCOCCOCCOCCOCCOCCOCCOCCOCCOCCNC(=O)OC(C)(C)C. The number of carbonyl (C=O) groups excluding carboxylic acids is 2. The molecule has 0 rings (SSSR count). The normalized spacial score (nSPS) is 11.4. The van der Waals surface area contributed by atoms with Crippen LogP contribution in [0.2, 0.25) is 0 Å². The van der Waals surface area contributed by atoms with Crippen molar-refractivity contribution >= 4 is 12.1 Å². The zero-order valence-electron chi connectivity index (χ0n) is 25.7. The lowest BCUT2D eigenvalue weighted by Crippen LogP contribution is -2.34. The second kappa shape index (κ2) is 30.6. The number of hydrogen-bond acceptors (Lipinski definition) is 13. The fraction of sp³-hybridized carbons (Fsp3) is 0.857. The Hall–Kier alpha value is -1.88. The molecule has 1 N–H and O–H groups in total. The van der Waals surface area contributed by atoms with Crippen LogP contribution in [0.15, 0.2) is 12.7 Å². The largest absolute Gasteiger partial charge is 0.460 e. The number of carbonyl (C=O) groups is 2. The van der Waals surface area contributed by atoms with Crippen molar-refractivity contribution in [1.82, 2.24) is 5.32 Å². The van der Waals surface area contributed by atoms with Crippen LogP contribution in [0.3, 0.4) is 0 Å². The molecular weight excluding hydrogens is 558 g/mol. The van der Waals surface area contributed by atoms with Gasteiger partial charge in [0, 0.05) is 12.6 Å². The van der Waals surface area contributed by atoms with Crippen LogP contribution in [0.25, 0.3) is 0 Å². The third-order valence-corrected chi connectivity index (χ3v) is 4.53. The Bertz CT molecular complexity index is 631. The second-order valence-corrected chi connectivity index (χ2v) is 9.31. The summed E-state index contributed by atoms with van der Waals surface area (Å²) in [6.45, 7) is 17.5. The van der Waals surface area contributed by atoms with Gasteiger partial charge in [0.25, 0.3) is 0 Å². The fourth-order valence-corrected chi connectivity index (χ4v) is 2.66. The number of nitrogens with one attached hydrogen (secondary N) is 1. The lowest BCUT2D eigenvalue weighted by atomic mass is 10.2. The van der Waals surface area contributed by atoms with Crippen molar-refractivity contribution in [2.45, 2.75) is 26.4 Å². The van der Waals surface area contributed by atoms with Crippen LogP contribution < -0.4 is 5.32 Å². The van der Waals surface area contributed by atoms with Gasteiger partial charge in [0.1, 0.15) is 12.2 Å². The summed E-state index contributed by atoms with van der Waals surface area (Å²) in [7, 11) is 0. The molecule has 0 saturated heterocycles. The summed E-state index contributed by atoms with van der Waals surface area (Å²) in [5.41, 5.74) is -0.513. The van der Waals surface area contributed by atoms with Gasteiger partial charge >= 0.3 is 12.1 Å². The maximum Gasteiger partial charge on any atom is 0.407 e. The molecule has 1 amide bonds. The average molecular weight is 612 g/mol. The molecule has 14 nitrogen and oxygen atoms in total. The Morgan fingerprint density at radius 2 is 0.810 bits per heavy atom. The fourth-order valence-electron chi connectivity index (χ4n) is 2.66. The Labute approximate surface area is 250 Å². The van der Waals surface area contributed by atoms with Crippen molar-refractivity contribution in [3.05, 3.63) is 12.7 Å². The van der Waals surface area contributed by atoms with Gasteiger partial charge in [-0.15, -0.1) is 0 Å². The summed E-state index contributed by atoms with van der Waals surface area (Å²) in [5, 5.41) is 2.62. The van der Waals surface area contributed by atoms with E-state index in [1.165, 1.54) is 0 Å². The molecule has 0 fully saturated rings. The number of esters is 1. The average Bonchev–Trinajstić information content (AvgIpc) is 2.94. The minimum absolute atomic E-state index is 0.195. The van der Waals surface area contributed by atoms with Gasteiger partial charge < -0.3 is 57.4 Å². The topological polar surface area (TPSA) is 148 Å². The summed E-state index contributed by atoms with van der Waals surface area (Å²) in [5.74, 6) is -0.462. The third-order valence-electron chi connectivity index (χ3n) is 4.53. The van der Waals surface area contributed by atoms with E-state index in [9.17, 15) is 9.59 Å². The van der Waals surface area contributed by atoms with E-state index in [4.69, 9.17) is 52.1 Å². The van der Waals surface area contributed by atoms with Gasteiger partial charge in [0.05, 0.1) is 119 Å². The molecule has 0 spiro atoms. The lowest BCUT2D eigenvalue weighted by Gasteiger charge is -2.19. The number of ether oxygens (including phenoxy) is 11. The highest BCUT2D eigenvalue weighted by Crippen LogP contribution is 2.06. The Balaban J connectivity index is 3.11. The van der Waals surface area contributed by atoms with E-state index in [0.717, 1.165) is 6.08 Å². The molecule has 0 aliphatic rings. The predicted octanol–water partition coefficient (Wildman–Crippen LogP) is 1.39. The minimum Gasteiger partial charge on any atom is -0.460 e. The van der Waals surface area contributed by atoms with E-state index < -0.39 is 17.7 Å². The van der Waals surface area contributed by atoms with Crippen molar-refractivity contribution in [2.75, 3.05) is 132 Å². The standard InChI is InChI=1S/C28H53NO13/c1-5-26(30)41-25-24-40-23-22-39-21-20-38-19-18-37-17-16-36-15-14-35-13-12-34-11-10-33-9-8-32-7-6-29-27(31)42-28(2,3)4/h5H,1,6-25H2,2-4H3,(H,29,31). The summed E-state index contributed by atoms with van der Waals surface area (Å²) >= 11 is 0. The van der Waals surface area contributed by atoms with Crippen molar-refractivity contribution in [3.8, 4) is 0 Å². The highest BCUT2D eigenvalue weighted by atomic mass is 16.6. The summed E-state index contributed by atoms with van der Waals surface area (Å²) in [6, 6.07) is 0. The van der Waals surface area contributed by atoms with Crippen LogP contribution >= 0.6 is 0 Å². The highest BCUT2D eigenvalue weighted by Gasteiger charge is 2.15. The molecule has 0 saturated carbocycles. The van der Waals surface area contributed by atoms with Gasteiger partial charge in [-0.2, -0.15) is 0 Å². The molecule has 0 aromatic rings. The van der Waals surface area contributed by atoms with E-state index >= 15 is 0 Å². The first kappa shape index (κ1) is 40.1. The van der Waals surface area contributed by atoms with Crippen LogP contribution in [0.5, 0.6) is 0 Å². The number of amides is 1. The number of alkyl carbamates (subject to hydrolysis) is 1. The smallest absolute Gasteiger partial charge is 0.407 e. The maximum atomic E-state index is 11.5. The number of rotatable bonds is 31. The van der Waals surface area contributed by atoms with Crippen LogP contribution in [0, 0.1) is 0 Å². The molecule has 0 aromatic heterocycles. The van der Waals surface area contributed by atoms with Crippen LogP contribution in [0.4, 0.5) is 4.79 Å². The van der Waals surface area contributed by atoms with Gasteiger partial charge in [-0.3, -0.25) is 0 Å². The van der Waals surface area contributed by atoms with Gasteiger partial charge in [0.15, 0.2) is 0 Å². The van der Waals surface area contributed by atoms with Gasteiger partial charge in [0.2, 0.25) is 0 Å². The Morgan fingerprint density at radius 1 is 0.524 bits per heavy atom. The molecule has 0 aromatic carbocycles. The first-order valence-corrected chi connectivity index (χ1v) is 14.3. The van der Waals surface area contributed by atoms with Crippen molar-refractivity contribution < 1.29 is 61.7 Å². The Kier molecular flexibility index (Phi) is 29.2. The van der Waals surface area contributed by atoms with E-state index in [1.807, 2.05) is 20.8 Å². The second-order valence-electron chi connectivity index (χ2n) is 9.31. The molecule has 0 aliphatic carbocycles. The Morgan fingerprint density at radius 3 is 1.10 bits per heavy atom. The molecule has 248 valence electrons. The van der Waals surface area contributed by atoms with Gasteiger partial charge in [-0.25, -0.2) is 9.59 Å². The lowest BCUT2D eigenvalue weighted by molar-refractivity contribution is -0.139. The van der Waals surface area contributed by atoms with E-state index in [1.54, 1.807) is 0 Å². The van der Waals surface area contributed by atoms with Crippen LogP contribution in [0.1, 0.15) is 20.8 Å². The predicted molar refractivity (Wildman–Crippen MR) is 153 cm³/mol. The molecule has 0 heterocycles. The summed E-state index contributed by atoms with van der Waals surface area (Å²) in [6.07, 6.45) is 0.655. The molecule has 0 atom stereocenters. The molecule has 0 radical (unpaired) electrons. The van der Waals surface area contributed by atoms with Crippen molar-refractivity contribution in [2.24, 2.45) is 0 Å². The van der Waals surface area contributed by atoms with Crippen molar-refractivity contribution in [3.63, 3.8) is 0 Å². The first-order chi connectivity index (χ1) is 20.3. The first-order valence-electron chi connectivity index (χ1n) is 14.3. The monoisotopic (exact) mass is 611 g/mol. The van der Waals surface area contributed by atoms with E-state index in [0.29, 0.717) is 125 Å². The number of hydrogen-bond donors (Lipinski definition) is 1. The van der Waals surface area contributed by atoms with E-state index in [2.05, 4.69) is 11.9 Å². The molecule has 0 unspecified atom stereocenters. The molecule has 0 bridgehead atoms. The third kappa shape index (κ3) is 34.3. The molecular formula is C28H53NO13. The zero-order chi connectivity index (χ0) is 31.0. The van der Waals surface area contributed by atoms with Crippen LogP contribution in [-0.2, 0) is 56.9 Å². The highest BCUT2D eigenvalue weighted by molar-refractivity contribution is 5.81.